The molecule has 0 unspecified atom stereocenters. The second-order valence-electron chi connectivity index (χ2n) is 7.58. The van der Waals surface area contributed by atoms with E-state index < -0.39 is 11.7 Å². The molecule has 2 aromatic rings. The molecular weight excluding hydrogens is 428 g/mol. The lowest BCUT2D eigenvalue weighted by Gasteiger charge is -2.37. The summed E-state index contributed by atoms with van der Waals surface area (Å²) < 4.78 is 18.2. The van der Waals surface area contributed by atoms with Gasteiger partial charge in [0.1, 0.15) is 24.3 Å². The molecule has 7 nitrogen and oxygen atoms in total. The van der Waals surface area contributed by atoms with Gasteiger partial charge in [-0.1, -0.05) is 26.0 Å². The summed E-state index contributed by atoms with van der Waals surface area (Å²) in [4.78, 5) is 23.8. The third kappa shape index (κ3) is 5.07. The SMILES string of the molecule is CCC1(CC)OC(=O)Nc2ccc(OCCCC=[N+](OS)c3ccccc3C(C)=O)cc21. The average Bonchev–Trinajstić information content (AvgIpc) is 2.81. The maximum absolute atomic E-state index is 11.9. The number of hydrogen-bond acceptors (Lipinski definition) is 6. The highest BCUT2D eigenvalue weighted by atomic mass is 32.1. The molecule has 2 aromatic carbocycles. The van der Waals surface area contributed by atoms with E-state index in [0.29, 0.717) is 37.1 Å². The third-order valence-corrected chi connectivity index (χ3v) is 5.85. The van der Waals surface area contributed by atoms with Crippen LogP contribution >= 0.6 is 12.9 Å². The monoisotopic (exact) mass is 457 g/mol. The van der Waals surface area contributed by atoms with E-state index in [1.807, 2.05) is 56.5 Å². The zero-order chi connectivity index (χ0) is 23.1. The largest absolute Gasteiger partial charge is 0.494 e. The second kappa shape index (κ2) is 10.5. The van der Waals surface area contributed by atoms with E-state index in [2.05, 4.69) is 18.2 Å². The van der Waals surface area contributed by atoms with Gasteiger partial charge in [0.25, 0.3) is 5.69 Å². The zero-order valence-electron chi connectivity index (χ0n) is 18.6. The van der Waals surface area contributed by atoms with Crippen molar-refractivity contribution < 1.29 is 28.1 Å². The highest BCUT2D eigenvalue weighted by molar-refractivity contribution is 7.74. The molecule has 8 heteroatoms. The lowest BCUT2D eigenvalue weighted by molar-refractivity contribution is -0.672. The number of nitrogens with one attached hydrogen (secondary N) is 1. The first-order valence-corrected chi connectivity index (χ1v) is 11.1. The predicted molar refractivity (Wildman–Crippen MR) is 126 cm³/mol. The quantitative estimate of drug-likeness (QED) is 0.0895. The number of amides is 1. The summed E-state index contributed by atoms with van der Waals surface area (Å²) in [5.41, 5.74) is 2.26. The molecule has 170 valence electrons. The molecule has 1 heterocycles. The molecule has 0 atom stereocenters. The Balaban J connectivity index is 1.64. The molecule has 0 spiro atoms. The number of rotatable bonds is 10. The molecular formula is C24H29N2O5S+. The van der Waals surface area contributed by atoms with Gasteiger partial charge in [0.05, 0.1) is 17.9 Å². The summed E-state index contributed by atoms with van der Waals surface area (Å²) in [6.07, 6.45) is 4.16. The Kier molecular flexibility index (Phi) is 7.80. The fraction of sp³-hybridized carbons (Fsp3) is 0.375. The van der Waals surface area contributed by atoms with Crippen LogP contribution in [0.3, 0.4) is 0 Å². The van der Waals surface area contributed by atoms with E-state index in [1.165, 1.54) is 11.7 Å². The number of ketones is 1. The Morgan fingerprint density at radius 3 is 2.66 bits per heavy atom. The molecule has 1 aliphatic heterocycles. The summed E-state index contributed by atoms with van der Waals surface area (Å²) in [5, 5.41) is 2.76. The normalized spacial score (nSPS) is 14.8. The maximum atomic E-state index is 11.9. The van der Waals surface area contributed by atoms with Crippen LogP contribution in [0.5, 0.6) is 5.75 Å². The first-order valence-electron chi connectivity index (χ1n) is 10.8. The molecule has 32 heavy (non-hydrogen) atoms. The number of Topliss-reactive ketones (excluding diaryl/α,β-unsaturated/α-hetero) is 1. The number of hydrogen-bond donors (Lipinski definition) is 2. The van der Waals surface area contributed by atoms with Crippen LogP contribution in [-0.2, 0) is 14.6 Å². The molecule has 0 saturated heterocycles. The molecule has 1 amide bonds. The van der Waals surface area contributed by atoms with E-state index in [-0.39, 0.29) is 5.78 Å². The van der Waals surface area contributed by atoms with Crippen molar-refractivity contribution in [2.24, 2.45) is 0 Å². The topological polar surface area (TPSA) is 76.9 Å². The highest BCUT2D eigenvalue weighted by Gasteiger charge is 2.39. The Bertz CT molecular complexity index is 1020. The zero-order valence-corrected chi connectivity index (χ0v) is 19.5. The van der Waals surface area contributed by atoms with Gasteiger partial charge in [-0.3, -0.25) is 10.1 Å². The minimum atomic E-state index is -0.640. The number of carbonyl (C=O) groups is 2. The van der Waals surface area contributed by atoms with Gasteiger partial charge in [0.2, 0.25) is 6.21 Å². The number of ether oxygens (including phenoxy) is 2. The van der Waals surface area contributed by atoms with E-state index >= 15 is 0 Å². The number of fused-ring (bicyclic) bond motifs is 1. The summed E-state index contributed by atoms with van der Waals surface area (Å²) in [7, 11) is 0. The van der Waals surface area contributed by atoms with Crippen molar-refractivity contribution >= 4 is 42.4 Å². The average molecular weight is 458 g/mol. The summed E-state index contributed by atoms with van der Waals surface area (Å²) in [6, 6.07) is 12.9. The van der Waals surface area contributed by atoms with Gasteiger partial charge in [0, 0.05) is 22.8 Å². The van der Waals surface area contributed by atoms with Gasteiger partial charge in [-0.15, -0.1) is 0 Å². The Morgan fingerprint density at radius 1 is 1.22 bits per heavy atom. The second-order valence-corrected chi connectivity index (χ2v) is 7.74. The Labute approximate surface area is 193 Å². The minimum absolute atomic E-state index is 0.0458. The molecule has 0 fully saturated rings. The van der Waals surface area contributed by atoms with E-state index in [0.717, 1.165) is 23.4 Å². The number of unbranched alkanes of at least 4 members (excludes halogenated alkanes) is 1. The standard InChI is InChI=1S/C24H28N2O5S/c1-4-24(5-2)20-16-18(12-13-21(20)25-23(28)30-24)29-15-9-8-14-26(31-32)22-11-7-6-10-19(22)17(3)27/h6-7,10-14,16H,4-5,8-9,15H2,1-3H3,(H-,25,28,32)/p+1. The van der Waals surface area contributed by atoms with Crippen molar-refractivity contribution in [3.8, 4) is 5.75 Å². The molecule has 0 aromatic heterocycles. The van der Waals surface area contributed by atoms with Crippen LogP contribution in [0.4, 0.5) is 16.2 Å². The van der Waals surface area contributed by atoms with Gasteiger partial charge >= 0.3 is 6.09 Å². The van der Waals surface area contributed by atoms with Crippen molar-refractivity contribution in [3.63, 3.8) is 0 Å². The predicted octanol–water partition coefficient (Wildman–Crippen LogP) is 5.82. The van der Waals surface area contributed by atoms with Crippen molar-refractivity contribution in [1.82, 2.24) is 0 Å². The molecule has 1 aliphatic rings. The van der Waals surface area contributed by atoms with E-state index in [1.54, 1.807) is 6.07 Å². The van der Waals surface area contributed by atoms with Crippen LogP contribution in [0.1, 0.15) is 62.4 Å². The van der Waals surface area contributed by atoms with Gasteiger partial charge in [0.15, 0.2) is 5.78 Å². The smallest absolute Gasteiger partial charge is 0.412 e. The fourth-order valence-electron chi connectivity index (χ4n) is 3.86. The van der Waals surface area contributed by atoms with E-state index in [4.69, 9.17) is 13.8 Å². The first-order chi connectivity index (χ1) is 15.4. The highest BCUT2D eigenvalue weighted by Crippen LogP contribution is 2.42. The van der Waals surface area contributed by atoms with Gasteiger partial charge in [-0.25, -0.2) is 4.79 Å². The summed E-state index contributed by atoms with van der Waals surface area (Å²) in [6.45, 7) is 6.02. The number of carbonyl (C=O) groups excluding carboxylic acids is 2. The van der Waals surface area contributed by atoms with Crippen LogP contribution in [-0.4, -0.2) is 29.4 Å². The number of thiol groups is 1. The minimum Gasteiger partial charge on any atom is -0.494 e. The number of cyclic esters (lactones) is 1. The molecule has 0 aliphatic carbocycles. The van der Waals surface area contributed by atoms with Crippen LogP contribution in [0.25, 0.3) is 0 Å². The molecule has 0 bridgehead atoms. The van der Waals surface area contributed by atoms with Crippen LogP contribution in [0.2, 0.25) is 0 Å². The van der Waals surface area contributed by atoms with Crippen molar-refractivity contribution in [3.05, 3.63) is 53.6 Å². The van der Waals surface area contributed by atoms with Crippen LogP contribution < -0.4 is 10.1 Å². The lowest BCUT2D eigenvalue weighted by atomic mass is 9.86. The van der Waals surface area contributed by atoms with Crippen molar-refractivity contribution in [2.45, 2.75) is 52.1 Å². The summed E-state index contributed by atoms with van der Waals surface area (Å²) >= 11 is 3.92. The van der Waals surface area contributed by atoms with Crippen LogP contribution in [0, 0.1) is 0 Å². The lowest BCUT2D eigenvalue weighted by Crippen LogP contribution is -2.38. The van der Waals surface area contributed by atoms with Crippen LogP contribution in [0.15, 0.2) is 42.5 Å². The molecule has 0 radical (unpaired) electrons. The fourth-order valence-corrected chi connectivity index (χ4v) is 4.02. The van der Waals surface area contributed by atoms with Gasteiger partial charge in [-0.2, -0.15) is 4.28 Å². The summed E-state index contributed by atoms with van der Waals surface area (Å²) in [5.74, 6) is 0.675. The number of anilines is 1. The van der Waals surface area contributed by atoms with E-state index in [9.17, 15) is 9.59 Å². The Morgan fingerprint density at radius 2 is 1.97 bits per heavy atom. The molecule has 0 saturated carbocycles. The van der Waals surface area contributed by atoms with Gasteiger partial charge < -0.3 is 9.47 Å². The Hall–Kier alpha value is -3.00. The third-order valence-electron chi connectivity index (χ3n) is 5.67. The first kappa shape index (κ1) is 23.7. The maximum Gasteiger partial charge on any atom is 0.412 e. The number of benzene rings is 2. The molecule has 3 rings (SSSR count). The molecule has 1 N–H and O–H groups in total. The van der Waals surface area contributed by atoms with Crippen molar-refractivity contribution in [2.75, 3.05) is 11.9 Å². The number of para-hydroxylation sites is 1. The van der Waals surface area contributed by atoms with Gasteiger partial charge in [-0.05, 0) is 50.5 Å². The number of nitrogens with zero attached hydrogens (tertiary/aromatic N) is 1. The van der Waals surface area contributed by atoms with Crippen molar-refractivity contribution in [1.29, 1.82) is 0 Å².